The van der Waals surface area contributed by atoms with Crippen molar-refractivity contribution in [3.05, 3.63) is 0 Å². The fourth-order valence-electron chi connectivity index (χ4n) is 0.957. The highest BCUT2D eigenvalue weighted by molar-refractivity contribution is 7.80. The smallest absolute Gasteiger partial charge is 0.0701 e. The van der Waals surface area contributed by atoms with Gasteiger partial charge in [-0.3, -0.25) is 0 Å². The molecule has 14 heavy (non-hydrogen) atoms. The van der Waals surface area contributed by atoms with Gasteiger partial charge in [-0.1, -0.05) is 6.42 Å². The van der Waals surface area contributed by atoms with Crippen LogP contribution in [0.1, 0.15) is 19.3 Å². The van der Waals surface area contributed by atoms with Crippen LogP contribution in [0.5, 0.6) is 0 Å². The van der Waals surface area contributed by atoms with Crippen LogP contribution in [0.15, 0.2) is 0 Å². The third kappa shape index (κ3) is 12.2. The summed E-state index contributed by atoms with van der Waals surface area (Å²) in [5.41, 5.74) is 0. The summed E-state index contributed by atoms with van der Waals surface area (Å²) in [6, 6.07) is 0. The van der Waals surface area contributed by atoms with Crippen molar-refractivity contribution in [2.45, 2.75) is 19.3 Å². The molecule has 86 valence electrons. The average molecular weight is 222 g/mol. The van der Waals surface area contributed by atoms with E-state index in [0.29, 0.717) is 26.4 Å². The zero-order valence-electron chi connectivity index (χ0n) is 9.04. The summed E-state index contributed by atoms with van der Waals surface area (Å²) >= 11 is 4.14. The van der Waals surface area contributed by atoms with E-state index >= 15 is 0 Å². The Hall–Kier alpha value is 0.230. The molecule has 0 amide bonds. The molecular formula is C10H22O3S. The highest BCUT2D eigenvalue weighted by atomic mass is 32.1. The van der Waals surface area contributed by atoms with E-state index in [0.717, 1.165) is 18.8 Å². The van der Waals surface area contributed by atoms with Crippen LogP contribution in [-0.2, 0) is 14.2 Å². The van der Waals surface area contributed by atoms with Crippen LogP contribution in [0.4, 0.5) is 0 Å². The molecule has 0 N–H and O–H groups in total. The van der Waals surface area contributed by atoms with E-state index < -0.39 is 0 Å². The lowest BCUT2D eigenvalue weighted by Crippen LogP contribution is -2.08. The van der Waals surface area contributed by atoms with E-state index in [1.165, 1.54) is 12.8 Å². The normalized spacial score (nSPS) is 10.7. The van der Waals surface area contributed by atoms with Crippen molar-refractivity contribution in [2.24, 2.45) is 0 Å². The van der Waals surface area contributed by atoms with Gasteiger partial charge < -0.3 is 14.2 Å². The second-order valence-corrected chi connectivity index (χ2v) is 3.45. The molecule has 0 spiro atoms. The first kappa shape index (κ1) is 14.2. The minimum Gasteiger partial charge on any atom is -0.382 e. The topological polar surface area (TPSA) is 27.7 Å². The van der Waals surface area contributed by atoms with Gasteiger partial charge in [-0.15, -0.1) is 0 Å². The molecule has 0 aliphatic carbocycles. The summed E-state index contributed by atoms with van der Waals surface area (Å²) in [5, 5.41) is 0. The Labute approximate surface area is 92.5 Å². The van der Waals surface area contributed by atoms with Crippen molar-refractivity contribution >= 4 is 12.6 Å². The van der Waals surface area contributed by atoms with Crippen molar-refractivity contribution in [1.29, 1.82) is 0 Å². The van der Waals surface area contributed by atoms with E-state index in [9.17, 15) is 0 Å². The van der Waals surface area contributed by atoms with Crippen molar-refractivity contribution in [2.75, 3.05) is 45.9 Å². The number of hydrogen-bond donors (Lipinski definition) is 1. The second-order valence-electron chi connectivity index (χ2n) is 3.00. The third-order valence-electron chi connectivity index (χ3n) is 1.75. The summed E-state index contributed by atoms with van der Waals surface area (Å²) in [7, 11) is 1.67. The maximum Gasteiger partial charge on any atom is 0.0701 e. The average Bonchev–Trinajstić information content (AvgIpc) is 2.21. The molecule has 0 saturated carbocycles. The number of thiol groups is 1. The molecule has 0 aromatic carbocycles. The number of ether oxygens (including phenoxy) is 3. The number of rotatable bonds is 11. The molecule has 0 bridgehead atoms. The molecule has 0 saturated heterocycles. The Bertz CT molecular complexity index is 89.4. The number of hydrogen-bond acceptors (Lipinski definition) is 4. The summed E-state index contributed by atoms with van der Waals surface area (Å²) < 4.78 is 15.4. The summed E-state index contributed by atoms with van der Waals surface area (Å²) in [4.78, 5) is 0. The maximum atomic E-state index is 5.37. The predicted octanol–water partition coefficient (Wildman–Crippen LogP) is 1.77. The Balaban J connectivity index is 2.78. The minimum atomic E-state index is 0.652. The number of methoxy groups -OCH3 is 1. The second kappa shape index (κ2) is 13.2. The fourth-order valence-corrected chi connectivity index (χ4v) is 1.18. The zero-order valence-corrected chi connectivity index (χ0v) is 9.93. The molecule has 0 atom stereocenters. The van der Waals surface area contributed by atoms with Crippen molar-refractivity contribution in [3.63, 3.8) is 0 Å². The molecule has 0 fully saturated rings. The molecular weight excluding hydrogens is 200 g/mol. The summed E-state index contributed by atoms with van der Waals surface area (Å²) in [6.45, 7) is 3.49. The Morgan fingerprint density at radius 1 is 0.786 bits per heavy atom. The molecule has 0 heterocycles. The Morgan fingerprint density at radius 3 is 2.07 bits per heavy atom. The summed E-state index contributed by atoms with van der Waals surface area (Å²) in [6.07, 6.45) is 3.50. The molecule has 0 aliphatic heterocycles. The monoisotopic (exact) mass is 222 g/mol. The lowest BCUT2D eigenvalue weighted by Gasteiger charge is -2.04. The van der Waals surface area contributed by atoms with Gasteiger partial charge in [0.2, 0.25) is 0 Å². The SMILES string of the molecule is COCCOCCOCCCCCS. The van der Waals surface area contributed by atoms with Crippen LogP contribution < -0.4 is 0 Å². The molecule has 0 aliphatic rings. The highest BCUT2D eigenvalue weighted by Crippen LogP contribution is 1.96. The van der Waals surface area contributed by atoms with Crippen LogP contribution in [0.3, 0.4) is 0 Å². The van der Waals surface area contributed by atoms with Crippen LogP contribution in [0, 0.1) is 0 Å². The van der Waals surface area contributed by atoms with E-state index in [2.05, 4.69) is 12.6 Å². The van der Waals surface area contributed by atoms with Crippen molar-refractivity contribution in [1.82, 2.24) is 0 Å². The zero-order chi connectivity index (χ0) is 10.5. The fraction of sp³-hybridized carbons (Fsp3) is 1.00. The minimum absolute atomic E-state index is 0.652. The Morgan fingerprint density at radius 2 is 1.43 bits per heavy atom. The van der Waals surface area contributed by atoms with Gasteiger partial charge in [0.1, 0.15) is 0 Å². The molecule has 0 aromatic rings. The first-order valence-electron chi connectivity index (χ1n) is 5.17. The number of unbranched alkanes of at least 4 members (excludes halogenated alkanes) is 2. The quantitative estimate of drug-likeness (QED) is 0.426. The van der Waals surface area contributed by atoms with Gasteiger partial charge in [-0.2, -0.15) is 12.6 Å². The van der Waals surface area contributed by atoms with E-state index in [1.54, 1.807) is 7.11 Å². The molecule has 0 rings (SSSR count). The van der Waals surface area contributed by atoms with Gasteiger partial charge >= 0.3 is 0 Å². The van der Waals surface area contributed by atoms with Gasteiger partial charge in [0, 0.05) is 13.7 Å². The standard InChI is InChI=1S/C10H22O3S/c1-11-6-7-13-9-8-12-5-3-2-4-10-14/h14H,2-10H2,1H3. The van der Waals surface area contributed by atoms with Crippen molar-refractivity contribution < 1.29 is 14.2 Å². The van der Waals surface area contributed by atoms with Crippen molar-refractivity contribution in [3.8, 4) is 0 Å². The van der Waals surface area contributed by atoms with E-state index in [-0.39, 0.29) is 0 Å². The maximum absolute atomic E-state index is 5.37. The van der Waals surface area contributed by atoms with Gasteiger partial charge in [-0.25, -0.2) is 0 Å². The van der Waals surface area contributed by atoms with E-state index in [4.69, 9.17) is 14.2 Å². The van der Waals surface area contributed by atoms with Crippen LogP contribution in [0.25, 0.3) is 0 Å². The van der Waals surface area contributed by atoms with Crippen LogP contribution in [0.2, 0.25) is 0 Å². The molecule has 0 aromatic heterocycles. The largest absolute Gasteiger partial charge is 0.382 e. The van der Waals surface area contributed by atoms with Crippen LogP contribution in [-0.4, -0.2) is 45.9 Å². The van der Waals surface area contributed by atoms with Gasteiger partial charge in [0.25, 0.3) is 0 Å². The lowest BCUT2D eigenvalue weighted by molar-refractivity contribution is 0.0240. The molecule has 4 heteroatoms. The molecule has 0 radical (unpaired) electrons. The van der Waals surface area contributed by atoms with Gasteiger partial charge in [0.15, 0.2) is 0 Å². The van der Waals surface area contributed by atoms with Gasteiger partial charge in [-0.05, 0) is 18.6 Å². The third-order valence-corrected chi connectivity index (χ3v) is 2.07. The van der Waals surface area contributed by atoms with Gasteiger partial charge in [0.05, 0.1) is 26.4 Å². The first-order chi connectivity index (χ1) is 6.91. The molecule has 0 unspecified atom stereocenters. The predicted molar refractivity (Wildman–Crippen MR) is 61.2 cm³/mol. The molecule has 3 nitrogen and oxygen atoms in total. The first-order valence-corrected chi connectivity index (χ1v) is 5.80. The lowest BCUT2D eigenvalue weighted by atomic mass is 10.3. The summed E-state index contributed by atoms with van der Waals surface area (Å²) in [5.74, 6) is 0.972. The van der Waals surface area contributed by atoms with E-state index in [1.807, 2.05) is 0 Å². The van der Waals surface area contributed by atoms with Crippen LogP contribution >= 0.6 is 12.6 Å². The highest BCUT2D eigenvalue weighted by Gasteiger charge is 1.90. The Kier molecular flexibility index (Phi) is 13.4.